The van der Waals surface area contributed by atoms with Gasteiger partial charge in [0.15, 0.2) is 11.6 Å². The third-order valence-corrected chi connectivity index (χ3v) is 6.89. The van der Waals surface area contributed by atoms with E-state index in [1.807, 2.05) is 37.3 Å². The van der Waals surface area contributed by atoms with Crippen LogP contribution < -0.4 is 11.1 Å². The molecule has 0 radical (unpaired) electrons. The standard InChI is InChI=1S/C31H30F4N6/c1-2-15-37-26-13-12-21(32)17-23(26)28(36)39-30-24-19-41(18-20-8-4-3-5-9-20)16-14-27(24)38-29(40-30)22-10-6-7-11-25(22)31(33,34)35/h3-13,17,37H,2,14-16,18-19H2,1H3,(H2,36,38,39,40). The summed E-state index contributed by atoms with van der Waals surface area (Å²) in [6, 6.07) is 19.4. The van der Waals surface area contributed by atoms with Crippen molar-refractivity contribution < 1.29 is 17.6 Å². The molecule has 1 aliphatic rings. The first-order valence-corrected chi connectivity index (χ1v) is 13.4. The van der Waals surface area contributed by atoms with Gasteiger partial charge < -0.3 is 11.1 Å². The van der Waals surface area contributed by atoms with E-state index in [0.29, 0.717) is 55.1 Å². The Balaban J connectivity index is 1.62. The highest BCUT2D eigenvalue weighted by Gasteiger charge is 2.35. The SMILES string of the molecule is CCCNc1ccc(F)cc1C(N)=Nc1nc(-c2ccccc2C(F)(F)F)nc2c1CN(Cc1ccccc1)CC2. The summed E-state index contributed by atoms with van der Waals surface area (Å²) in [6.07, 6.45) is -3.25. The zero-order valence-electron chi connectivity index (χ0n) is 22.5. The number of nitrogens with two attached hydrogens (primary N) is 1. The van der Waals surface area contributed by atoms with E-state index < -0.39 is 17.6 Å². The first-order valence-electron chi connectivity index (χ1n) is 13.4. The fourth-order valence-corrected chi connectivity index (χ4v) is 4.88. The Kier molecular flexibility index (Phi) is 8.30. The molecular formula is C31H30F4N6. The predicted molar refractivity (Wildman–Crippen MR) is 152 cm³/mol. The molecule has 5 rings (SSSR count). The van der Waals surface area contributed by atoms with E-state index in [1.165, 1.54) is 30.3 Å². The molecule has 0 atom stereocenters. The average molecular weight is 563 g/mol. The summed E-state index contributed by atoms with van der Waals surface area (Å²) in [7, 11) is 0. The lowest BCUT2D eigenvalue weighted by molar-refractivity contribution is -0.137. The zero-order valence-corrected chi connectivity index (χ0v) is 22.5. The van der Waals surface area contributed by atoms with E-state index in [4.69, 9.17) is 5.73 Å². The molecule has 0 saturated heterocycles. The Bertz CT molecular complexity index is 1550. The lowest BCUT2D eigenvalue weighted by Gasteiger charge is -2.29. The Hall–Kier alpha value is -4.31. The number of nitrogens with zero attached hydrogens (tertiary/aromatic N) is 4. The predicted octanol–water partition coefficient (Wildman–Crippen LogP) is 6.72. The van der Waals surface area contributed by atoms with E-state index >= 15 is 0 Å². The second-order valence-corrected chi connectivity index (χ2v) is 9.90. The van der Waals surface area contributed by atoms with Crippen LogP contribution in [0, 0.1) is 5.82 Å². The second-order valence-electron chi connectivity index (χ2n) is 9.90. The molecule has 0 aliphatic carbocycles. The summed E-state index contributed by atoms with van der Waals surface area (Å²) in [5.41, 5.74) is 8.84. The highest BCUT2D eigenvalue weighted by atomic mass is 19.4. The van der Waals surface area contributed by atoms with E-state index in [2.05, 4.69) is 25.2 Å². The molecule has 0 bridgehead atoms. The quantitative estimate of drug-likeness (QED) is 0.142. The van der Waals surface area contributed by atoms with Crippen molar-refractivity contribution in [3.63, 3.8) is 0 Å². The molecule has 3 aromatic carbocycles. The molecule has 0 saturated carbocycles. The van der Waals surface area contributed by atoms with Gasteiger partial charge in [-0.05, 0) is 36.2 Å². The maximum atomic E-state index is 14.3. The molecular weight excluding hydrogens is 532 g/mol. The van der Waals surface area contributed by atoms with Crippen LogP contribution in [0.25, 0.3) is 11.4 Å². The van der Waals surface area contributed by atoms with Gasteiger partial charge in [-0.2, -0.15) is 13.2 Å². The van der Waals surface area contributed by atoms with E-state index in [9.17, 15) is 17.6 Å². The first-order chi connectivity index (χ1) is 19.7. The third kappa shape index (κ3) is 6.54. The first kappa shape index (κ1) is 28.2. The summed E-state index contributed by atoms with van der Waals surface area (Å²) in [6.45, 7) is 4.41. The average Bonchev–Trinajstić information content (AvgIpc) is 2.96. The van der Waals surface area contributed by atoms with E-state index in [-0.39, 0.29) is 23.0 Å². The van der Waals surface area contributed by atoms with Crippen LogP contribution in [-0.4, -0.2) is 33.8 Å². The number of rotatable bonds is 8. The van der Waals surface area contributed by atoms with Crippen molar-refractivity contribution in [2.45, 2.75) is 39.0 Å². The van der Waals surface area contributed by atoms with Crippen LogP contribution in [0.15, 0.2) is 77.8 Å². The van der Waals surface area contributed by atoms with E-state index in [1.54, 1.807) is 6.07 Å². The van der Waals surface area contributed by atoms with Gasteiger partial charge in [0.2, 0.25) is 0 Å². The molecule has 0 spiro atoms. The number of amidine groups is 1. The summed E-state index contributed by atoms with van der Waals surface area (Å²) < 4.78 is 55.9. The van der Waals surface area contributed by atoms with Crippen molar-refractivity contribution in [2.75, 3.05) is 18.4 Å². The summed E-state index contributed by atoms with van der Waals surface area (Å²) in [5, 5.41) is 3.22. The van der Waals surface area contributed by atoms with Crippen LogP contribution in [-0.2, 0) is 25.7 Å². The number of aromatic nitrogens is 2. The number of anilines is 1. The van der Waals surface area contributed by atoms with Crippen molar-refractivity contribution in [3.05, 3.63) is 107 Å². The van der Waals surface area contributed by atoms with Gasteiger partial charge in [-0.15, -0.1) is 0 Å². The minimum atomic E-state index is -4.59. The van der Waals surface area contributed by atoms with Crippen LogP contribution >= 0.6 is 0 Å². The molecule has 0 amide bonds. The van der Waals surface area contributed by atoms with Crippen LogP contribution in [0.4, 0.5) is 29.1 Å². The van der Waals surface area contributed by atoms with Crippen LogP contribution in [0.1, 0.15) is 41.3 Å². The molecule has 3 N–H and O–H groups in total. The monoisotopic (exact) mass is 562 g/mol. The molecule has 10 heteroatoms. The van der Waals surface area contributed by atoms with Crippen LogP contribution in [0.3, 0.4) is 0 Å². The molecule has 6 nitrogen and oxygen atoms in total. The Morgan fingerprint density at radius 1 is 1.02 bits per heavy atom. The number of benzene rings is 3. The van der Waals surface area contributed by atoms with Crippen molar-refractivity contribution in [3.8, 4) is 11.4 Å². The van der Waals surface area contributed by atoms with Gasteiger partial charge in [0.05, 0.1) is 11.3 Å². The smallest absolute Gasteiger partial charge is 0.384 e. The fourth-order valence-electron chi connectivity index (χ4n) is 4.88. The maximum absolute atomic E-state index is 14.3. The molecule has 1 aliphatic heterocycles. The third-order valence-electron chi connectivity index (χ3n) is 6.89. The van der Waals surface area contributed by atoms with Gasteiger partial charge in [-0.25, -0.2) is 19.4 Å². The largest absolute Gasteiger partial charge is 0.417 e. The minimum Gasteiger partial charge on any atom is -0.384 e. The molecule has 212 valence electrons. The van der Waals surface area contributed by atoms with Crippen molar-refractivity contribution in [1.29, 1.82) is 0 Å². The van der Waals surface area contributed by atoms with Crippen molar-refractivity contribution >= 4 is 17.3 Å². The summed E-state index contributed by atoms with van der Waals surface area (Å²) in [4.78, 5) is 15.9. The Morgan fingerprint density at radius 3 is 2.54 bits per heavy atom. The number of fused-ring (bicyclic) bond motifs is 1. The molecule has 2 heterocycles. The van der Waals surface area contributed by atoms with Gasteiger partial charge in [0, 0.05) is 55.0 Å². The van der Waals surface area contributed by atoms with Gasteiger partial charge in [0.1, 0.15) is 11.7 Å². The maximum Gasteiger partial charge on any atom is 0.417 e. The van der Waals surface area contributed by atoms with Gasteiger partial charge in [-0.1, -0.05) is 55.5 Å². The van der Waals surface area contributed by atoms with Gasteiger partial charge >= 0.3 is 6.18 Å². The number of halogens is 4. The van der Waals surface area contributed by atoms with Crippen molar-refractivity contribution in [1.82, 2.24) is 14.9 Å². The number of hydrogen-bond acceptors (Lipinski definition) is 5. The second kappa shape index (κ2) is 12.1. The van der Waals surface area contributed by atoms with E-state index in [0.717, 1.165) is 18.1 Å². The molecule has 0 unspecified atom stereocenters. The highest BCUT2D eigenvalue weighted by molar-refractivity contribution is 6.03. The molecule has 41 heavy (non-hydrogen) atoms. The zero-order chi connectivity index (χ0) is 29.0. The van der Waals surface area contributed by atoms with Crippen molar-refractivity contribution in [2.24, 2.45) is 10.7 Å². The molecule has 1 aromatic heterocycles. The number of hydrogen-bond donors (Lipinski definition) is 2. The minimum absolute atomic E-state index is 0.000701. The van der Waals surface area contributed by atoms with Crippen LogP contribution in [0.5, 0.6) is 0 Å². The highest BCUT2D eigenvalue weighted by Crippen LogP contribution is 2.38. The number of alkyl halides is 3. The fraction of sp³-hybridized carbons (Fsp3) is 0.258. The lowest BCUT2D eigenvalue weighted by atomic mass is 10.0. The molecule has 4 aromatic rings. The Labute approximate surface area is 236 Å². The summed E-state index contributed by atoms with van der Waals surface area (Å²) in [5.74, 6) is -0.399. The van der Waals surface area contributed by atoms with Gasteiger partial charge in [-0.3, -0.25) is 4.90 Å². The topological polar surface area (TPSA) is 79.4 Å². The normalized spacial score (nSPS) is 14.1. The Morgan fingerprint density at radius 2 is 1.78 bits per heavy atom. The van der Waals surface area contributed by atoms with Crippen LogP contribution in [0.2, 0.25) is 0 Å². The lowest BCUT2D eigenvalue weighted by Crippen LogP contribution is -2.31. The number of aliphatic imine (C=N–C) groups is 1. The summed E-state index contributed by atoms with van der Waals surface area (Å²) >= 11 is 0. The molecule has 0 fully saturated rings. The number of nitrogens with one attached hydrogen (secondary N) is 1. The van der Waals surface area contributed by atoms with Gasteiger partial charge in [0.25, 0.3) is 0 Å².